The summed E-state index contributed by atoms with van der Waals surface area (Å²) in [5.74, 6) is -0.738. The van der Waals surface area contributed by atoms with Gasteiger partial charge in [0, 0.05) is 12.5 Å². The van der Waals surface area contributed by atoms with Gasteiger partial charge in [-0.05, 0) is 18.1 Å². The Morgan fingerprint density at radius 2 is 2.00 bits per heavy atom. The third-order valence-electron chi connectivity index (χ3n) is 3.27. The number of hydrogen-bond acceptors (Lipinski definition) is 4. The molecule has 1 N–H and O–H groups in total. The summed E-state index contributed by atoms with van der Waals surface area (Å²) in [4.78, 5) is 21.7. The van der Waals surface area contributed by atoms with E-state index in [1.165, 1.54) is 12.1 Å². The summed E-state index contributed by atoms with van der Waals surface area (Å²) in [5, 5.41) is 13.3. The van der Waals surface area contributed by atoms with Crippen LogP contribution in [-0.2, 0) is 0 Å². The van der Waals surface area contributed by atoms with Gasteiger partial charge in [-0.1, -0.05) is 37.3 Å². The Morgan fingerprint density at radius 3 is 2.57 bits per heavy atom. The Morgan fingerprint density at radius 1 is 1.29 bits per heavy atom. The lowest BCUT2D eigenvalue weighted by molar-refractivity contribution is -0.402. The van der Waals surface area contributed by atoms with Gasteiger partial charge in [-0.3, -0.25) is 14.9 Å². The number of nitrogens with one attached hydrogen (secondary N) is 1. The molecule has 110 valence electrons. The van der Waals surface area contributed by atoms with Crippen molar-refractivity contribution >= 4 is 11.8 Å². The first-order valence-electron chi connectivity index (χ1n) is 6.69. The van der Waals surface area contributed by atoms with Crippen LogP contribution in [0.3, 0.4) is 0 Å². The first-order valence-corrected chi connectivity index (χ1v) is 6.69. The summed E-state index contributed by atoms with van der Waals surface area (Å²) in [6, 6.07) is 12.3. The minimum atomic E-state index is -0.671. The highest BCUT2D eigenvalue weighted by molar-refractivity contribution is 5.91. The Bertz CT molecular complexity index is 622. The largest absolute Gasteiger partial charge is 0.433 e. The number of carbonyl (C=O) groups is 1. The first-order chi connectivity index (χ1) is 10.1. The number of benzene rings is 1. The zero-order chi connectivity index (χ0) is 15.2. The van der Waals surface area contributed by atoms with Crippen molar-refractivity contribution in [2.75, 3.05) is 6.54 Å². The Kier molecular flexibility index (Phi) is 4.71. The van der Waals surface area contributed by atoms with Gasteiger partial charge in [-0.25, -0.2) is 0 Å². The number of rotatable bonds is 6. The molecule has 2 rings (SSSR count). The fourth-order valence-electron chi connectivity index (χ4n) is 2.07. The second-order valence-corrected chi connectivity index (χ2v) is 4.62. The standard InChI is InChI=1S/C15H16N2O4/c1-2-11(12-6-4-3-5-7-12)10-16-15(18)13-8-9-14(21-13)17(19)20/h3-9,11H,2,10H2,1H3,(H,16,18). The quantitative estimate of drug-likeness (QED) is 0.653. The predicted octanol–water partition coefficient (Wildman–Crippen LogP) is 3.11. The van der Waals surface area contributed by atoms with E-state index in [0.29, 0.717) is 6.54 Å². The van der Waals surface area contributed by atoms with E-state index in [0.717, 1.165) is 12.0 Å². The second kappa shape index (κ2) is 6.69. The van der Waals surface area contributed by atoms with Gasteiger partial charge >= 0.3 is 5.88 Å². The van der Waals surface area contributed by atoms with Crippen molar-refractivity contribution in [1.82, 2.24) is 5.32 Å². The maximum Gasteiger partial charge on any atom is 0.433 e. The molecule has 0 aliphatic heterocycles. The lowest BCUT2D eigenvalue weighted by Gasteiger charge is -2.15. The molecular weight excluding hydrogens is 272 g/mol. The highest BCUT2D eigenvalue weighted by atomic mass is 16.6. The zero-order valence-corrected chi connectivity index (χ0v) is 11.6. The maximum atomic E-state index is 11.9. The third-order valence-corrected chi connectivity index (χ3v) is 3.27. The van der Waals surface area contributed by atoms with Gasteiger partial charge in [0.1, 0.15) is 4.92 Å². The lowest BCUT2D eigenvalue weighted by Crippen LogP contribution is -2.27. The van der Waals surface area contributed by atoms with Crippen molar-refractivity contribution in [3.63, 3.8) is 0 Å². The van der Waals surface area contributed by atoms with Gasteiger partial charge in [0.2, 0.25) is 0 Å². The van der Waals surface area contributed by atoms with Gasteiger partial charge in [-0.2, -0.15) is 0 Å². The highest BCUT2D eigenvalue weighted by Crippen LogP contribution is 2.19. The molecule has 0 bridgehead atoms. The van der Waals surface area contributed by atoms with Crippen LogP contribution in [0.15, 0.2) is 46.9 Å². The van der Waals surface area contributed by atoms with Gasteiger partial charge in [0.05, 0.1) is 6.07 Å². The van der Waals surface area contributed by atoms with Crippen LogP contribution in [0.1, 0.15) is 35.4 Å². The number of furan rings is 1. The number of nitrogens with zero attached hydrogens (tertiary/aromatic N) is 1. The molecule has 1 heterocycles. The summed E-state index contributed by atoms with van der Waals surface area (Å²) in [5.41, 5.74) is 1.14. The maximum absolute atomic E-state index is 11.9. The lowest BCUT2D eigenvalue weighted by atomic mass is 9.96. The van der Waals surface area contributed by atoms with Gasteiger partial charge in [0.25, 0.3) is 5.91 Å². The Hall–Kier alpha value is -2.63. The molecule has 1 aromatic heterocycles. The fourth-order valence-corrected chi connectivity index (χ4v) is 2.07. The Balaban J connectivity index is 1.97. The minimum Gasteiger partial charge on any atom is -0.395 e. The van der Waals surface area contributed by atoms with Gasteiger partial charge in [0.15, 0.2) is 5.76 Å². The van der Waals surface area contributed by atoms with Crippen molar-refractivity contribution in [3.05, 3.63) is 63.9 Å². The first kappa shape index (κ1) is 14.8. The highest BCUT2D eigenvalue weighted by Gasteiger charge is 2.18. The van der Waals surface area contributed by atoms with Crippen LogP contribution in [-0.4, -0.2) is 17.4 Å². The van der Waals surface area contributed by atoms with E-state index in [1.807, 2.05) is 37.3 Å². The summed E-state index contributed by atoms with van der Waals surface area (Å²) >= 11 is 0. The summed E-state index contributed by atoms with van der Waals surface area (Å²) in [7, 11) is 0. The van der Waals surface area contributed by atoms with Crippen LogP contribution in [0.25, 0.3) is 0 Å². The molecule has 1 unspecified atom stereocenters. The average Bonchev–Trinajstić information content (AvgIpc) is 2.99. The normalized spacial score (nSPS) is 11.9. The molecule has 0 aliphatic rings. The molecule has 6 nitrogen and oxygen atoms in total. The summed E-state index contributed by atoms with van der Waals surface area (Å²) in [6.45, 7) is 2.50. The fraction of sp³-hybridized carbons (Fsp3) is 0.267. The molecule has 2 aromatic rings. The van der Waals surface area contributed by atoms with Crippen molar-refractivity contribution in [2.24, 2.45) is 0 Å². The molecule has 1 amide bonds. The molecule has 0 radical (unpaired) electrons. The van der Waals surface area contributed by atoms with Crippen molar-refractivity contribution in [2.45, 2.75) is 19.3 Å². The zero-order valence-electron chi connectivity index (χ0n) is 11.6. The summed E-state index contributed by atoms with van der Waals surface area (Å²) in [6.07, 6.45) is 0.878. The number of amides is 1. The molecule has 1 aromatic carbocycles. The van der Waals surface area contributed by atoms with E-state index in [2.05, 4.69) is 5.32 Å². The van der Waals surface area contributed by atoms with Crippen LogP contribution in [0.2, 0.25) is 0 Å². The van der Waals surface area contributed by atoms with Gasteiger partial charge in [-0.15, -0.1) is 0 Å². The molecule has 21 heavy (non-hydrogen) atoms. The van der Waals surface area contributed by atoms with Crippen molar-refractivity contribution < 1.29 is 14.1 Å². The van der Waals surface area contributed by atoms with E-state index >= 15 is 0 Å². The smallest absolute Gasteiger partial charge is 0.395 e. The topological polar surface area (TPSA) is 85.4 Å². The summed E-state index contributed by atoms with van der Waals surface area (Å²) < 4.78 is 4.87. The van der Waals surface area contributed by atoms with E-state index < -0.39 is 16.7 Å². The third kappa shape index (κ3) is 3.68. The van der Waals surface area contributed by atoms with E-state index in [9.17, 15) is 14.9 Å². The SMILES string of the molecule is CCC(CNC(=O)c1ccc([N+](=O)[O-])o1)c1ccccc1. The second-order valence-electron chi connectivity index (χ2n) is 4.62. The number of nitro groups is 1. The van der Waals surface area contributed by atoms with Crippen LogP contribution >= 0.6 is 0 Å². The monoisotopic (exact) mass is 288 g/mol. The van der Waals surface area contributed by atoms with Gasteiger partial charge < -0.3 is 9.73 Å². The molecule has 0 spiro atoms. The average molecular weight is 288 g/mol. The molecule has 0 saturated heterocycles. The van der Waals surface area contributed by atoms with Crippen molar-refractivity contribution in [3.8, 4) is 0 Å². The van der Waals surface area contributed by atoms with E-state index in [-0.39, 0.29) is 11.7 Å². The molecule has 6 heteroatoms. The molecule has 1 atom stereocenters. The van der Waals surface area contributed by atoms with Crippen LogP contribution in [0.5, 0.6) is 0 Å². The minimum absolute atomic E-state index is 0.0513. The molecular formula is C15H16N2O4. The van der Waals surface area contributed by atoms with E-state index in [4.69, 9.17) is 4.42 Å². The molecule has 0 fully saturated rings. The molecule has 0 saturated carbocycles. The Labute approximate surface area is 121 Å². The molecule has 0 aliphatic carbocycles. The number of hydrogen-bond donors (Lipinski definition) is 1. The number of carbonyl (C=O) groups excluding carboxylic acids is 1. The van der Waals surface area contributed by atoms with E-state index in [1.54, 1.807) is 0 Å². The van der Waals surface area contributed by atoms with Crippen LogP contribution in [0.4, 0.5) is 5.88 Å². The van der Waals surface area contributed by atoms with Crippen LogP contribution in [0, 0.1) is 10.1 Å². The van der Waals surface area contributed by atoms with Crippen molar-refractivity contribution in [1.29, 1.82) is 0 Å². The predicted molar refractivity (Wildman–Crippen MR) is 77.2 cm³/mol. The van der Waals surface area contributed by atoms with Crippen LogP contribution < -0.4 is 5.32 Å².